The second-order valence-corrected chi connectivity index (χ2v) is 4.70. The van der Waals surface area contributed by atoms with Crippen LogP contribution in [0.5, 0.6) is 11.5 Å². The molecule has 4 heteroatoms. The maximum absolute atomic E-state index is 14.0. The predicted octanol–water partition coefficient (Wildman–Crippen LogP) is 4.33. The first-order chi connectivity index (χ1) is 9.97. The molecule has 0 atom stereocenters. The van der Waals surface area contributed by atoms with Crippen LogP contribution < -0.4 is 4.74 Å². The van der Waals surface area contributed by atoms with Crippen molar-refractivity contribution in [2.75, 3.05) is 0 Å². The van der Waals surface area contributed by atoms with Gasteiger partial charge in [0.15, 0.2) is 11.6 Å². The van der Waals surface area contributed by atoms with Crippen molar-refractivity contribution in [2.24, 2.45) is 0 Å². The average molecular weight is 286 g/mol. The first-order valence-corrected chi connectivity index (χ1v) is 6.42. The smallest absolute Gasteiger partial charge is 0.328 e. The summed E-state index contributed by atoms with van der Waals surface area (Å²) in [6.07, 6.45) is 2.26. The highest BCUT2D eigenvalue weighted by atomic mass is 19.1. The number of hydrogen-bond donors (Lipinski definition) is 1. The molecule has 0 heterocycles. The van der Waals surface area contributed by atoms with E-state index in [1.54, 1.807) is 12.1 Å². The average Bonchev–Trinajstić information content (AvgIpc) is 2.42. The number of carboxylic acids is 1. The highest BCUT2D eigenvalue weighted by Gasteiger charge is 2.11. The second-order valence-electron chi connectivity index (χ2n) is 4.70. The number of hydrogen-bond acceptors (Lipinski definition) is 2. The Kier molecular flexibility index (Phi) is 4.38. The van der Waals surface area contributed by atoms with Crippen molar-refractivity contribution in [3.05, 3.63) is 65.0 Å². The zero-order valence-corrected chi connectivity index (χ0v) is 11.8. The molecule has 108 valence electrons. The molecule has 0 amide bonds. The monoisotopic (exact) mass is 286 g/mol. The number of rotatable bonds is 4. The van der Waals surface area contributed by atoms with Crippen molar-refractivity contribution >= 4 is 12.0 Å². The molecule has 0 unspecified atom stereocenters. The summed E-state index contributed by atoms with van der Waals surface area (Å²) in [6.45, 7) is 3.83. The zero-order chi connectivity index (χ0) is 15.4. The molecule has 2 aromatic rings. The number of aryl methyl sites for hydroxylation is 2. The Labute approximate surface area is 122 Å². The van der Waals surface area contributed by atoms with Crippen molar-refractivity contribution in [2.45, 2.75) is 13.8 Å². The molecule has 0 aliphatic heterocycles. The van der Waals surface area contributed by atoms with Gasteiger partial charge in [-0.2, -0.15) is 0 Å². The number of para-hydroxylation sites is 1. The van der Waals surface area contributed by atoms with Crippen molar-refractivity contribution in [1.82, 2.24) is 0 Å². The van der Waals surface area contributed by atoms with Crippen molar-refractivity contribution in [1.29, 1.82) is 0 Å². The Morgan fingerprint density at radius 2 is 2.00 bits per heavy atom. The number of ether oxygens (including phenoxy) is 1. The third-order valence-electron chi connectivity index (χ3n) is 2.95. The molecule has 0 saturated carbocycles. The van der Waals surface area contributed by atoms with Gasteiger partial charge in [-0.25, -0.2) is 9.18 Å². The fourth-order valence-electron chi connectivity index (χ4n) is 1.95. The number of aliphatic carboxylic acids is 1. The molecule has 0 bridgehead atoms. The van der Waals surface area contributed by atoms with Crippen molar-refractivity contribution in [3.63, 3.8) is 0 Å². The fourth-order valence-corrected chi connectivity index (χ4v) is 1.95. The van der Waals surface area contributed by atoms with E-state index in [2.05, 4.69) is 0 Å². The molecule has 0 spiro atoms. The van der Waals surface area contributed by atoms with Gasteiger partial charge in [-0.05, 0) is 37.6 Å². The Morgan fingerprint density at radius 1 is 1.24 bits per heavy atom. The van der Waals surface area contributed by atoms with Gasteiger partial charge >= 0.3 is 5.97 Å². The molecule has 0 fully saturated rings. The number of carboxylic acid groups (broad SMARTS) is 1. The minimum atomic E-state index is -1.10. The van der Waals surface area contributed by atoms with E-state index in [4.69, 9.17) is 9.84 Å². The van der Waals surface area contributed by atoms with E-state index in [1.165, 1.54) is 18.2 Å². The summed E-state index contributed by atoms with van der Waals surface area (Å²) in [7, 11) is 0. The normalized spacial score (nSPS) is 10.8. The van der Waals surface area contributed by atoms with E-state index in [0.29, 0.717) is 11.3 Å². The zero-order valence-electron chi connectivity index (χ0n) is 11.8. The van der Waals surface area contributed by atoms with Crippen LogP contribution in [0.25, 0.3) is 6.08 Å². The van der Waals surface area contributed by atoms with Crippen LogP contribution in [0.1, 0.15) is 16.7 Å². The first-order valence-electron chi connectivity index (χ1n) is 6.42. The van der Waals surface area contributed by atoms with Crippen molar-refractivity contribution < 1.29 is 19.0 Å². The number of halogens is 1. The van der Waals surface area contributed by atoms with Crippen LogP contribution >= 0.6 is 0 Å². The lowest BCUT2D eigenvalue weighted by Gasteiger charge is -2.12. The molecule has 0 aliphatic rings. The van der Waals surface area contributed by atoms with Crippen LogP contribution in [0.15, 0.2) is 42.5 Å². The standard InChI is InChI=1S/C17H15FO3/c1-11-6-8-15(12(2)10-11)21-17-13(7-9-16(19)20)4-3-5-14(17)18/h3-10H,1-2H3,(H,19,20)/b9-7+. The van der Waals surface area contributed by atoms with Gasteiger partial charge in [-0.3, -0.25) is 0 Å². The lowest BCUT2D eigenvalue weighted by Crippen LogP contribution is -1.94. The molecule has 21 heavy (non-hydrogen) atoms. The summed E-state index contributed by atoms with van der Waals surface area (Å²) in [5.74, 6) is -1.09. The Bertz CT molecular complexity index is 705. The minimum Gasteiger partial charge on any atom is -0.478 e. The summed E-state index contributed by atoms with van der Waals surface area (Å²) in [6, 6.07) is 9.95. The summed E-state index contributed by atoms with van der Waals surface area (Å²) in [5.41, 5.74) is 2.34. The van der Waals surface area contributed by atoms with Crippen LogP contribution in [-0.2, 0) is 4.79 Å². The molecule has 0 saturated heterocycles. The van der Waals surface area contributed by atoms with Gasteiger partial charge < -0.3 is 9.84 Å². The lowest BCUT2D eigenvalue weighted by atomic mass is 10.1. The van der Waals surface area contributed by atoms with E-state index in [0.717, 1.165) is 17.2 Å². The molecule has 0 radical (unpaired) electrons. The summed E-state index contributed by atoms with van der Waals surface area (Å²) in [4.78, 5) is 10.6. The highest BCUT2D eigenvalue weighted by Crippen LogP contribution is 2.31. The third-order valence-corrected chi connectivity index (χ3v) is 2.95. The first kappa shape index (κ1) is 14.8. The maximum Gasteiger partial charge on any atom is 0.328 e. The van der Waals surface area contributed by atoms with Gasteiger partial charge in [0.1, 0.15) is 5.75 Å². The Morgan fingerprint density at radius 3 is 2.67 bits per heavy atom. The molecule has 3 nitrogen and oxygen atoms in total. The highest BCUT2D eigenvalue weighted by molar-refractivity contribution is 5.86. The van der Waals surface area contributed by atoms with Crippen LogP contribution in [0.2, 0.25) is 0 Å². The quantitative estimate of drug-likeness (QED) is 0.851. The van der Waals surface area contributed by atoms with E-state index in [9.17, 15) is 9.18 Å². The van der Waals surface area contributed by atoms with Crippen molar-refractivity contribution in [3.8, 4) is 11.5 Å². The van der Waals surface area contributed by atoms with Gasteiger partial charge in [0, 0.05) is 11.6 Å². The van der Waals surface area contributed by atoms with Gasteiger partial charge in [0.05, 0.1) is 0 Å². The van der Waals surface area contributed by atoms with E-state index in [-0.39, 0.29) is 5.75 Å². The molecule has 2 aromatic carbocycles. The SMILES string of the molecule is Cc1ccc(Oc2c(F)cccc2/C=C/C(=O)O)c(C)c1. The maximum atomic E-state index is 14.0. The largest absolute Gasteiger partial charge is 0.478 e. The second kappa shape index (κ2) is 6.22. The van der Waals surface area contributed by atoms with Gasteiger partial charge in [-0.1, -0.05) is 29.8 Å². The molecular formula is C17H15FO3. The topological polar surface area (TPSA) is 46.5 Å². The van der Waals surface area contributed by atoms with E-state index in [1.807, 2.05) is 26.0 Å². The Hall–Kier alpha value is -2.62. The summed E-state index contributed by atoms with van der Waals surface area (Å²) < 4.78 is 19.6. The minimum absolute atomic E-state index is 0.0157. The summed E-state index contributed by atoms with van der Waals surface area (Å²) in [5, 5.41) is 8.68. The molecule has 1 N–H and O–H groups in total. The number of benzene rings is 2. The van der Waals surface area contributed by atoms with Gasteiger partial charge in [-0.15, -0.1) is 0 Å². The van der Waals surface area contributed by atoms with Gasteiger partial charge in [0.2, 0.25) is 0 Å². The third kappa shape index (κ3) is 3.69. The molecule has 0 aliphatic carbocycles. The van der Waals surface area contributed by atoms with Crippen LogP contribution in [0, 0.1) is 19.7 Å². The van der Waals surface area contributed by atoms with Crippen LogP contribution in [0.4, 0.5) is 4.39 Å². The lowest BCUT2D eigenvalue weighted by molar-refractivity contribution is -0.131. The van der Waals surface area contributed by atoms with E-state index >= 15 is 0 Å². The fraction of sp³-hybridized carbons (Fsp3) is 0.118. The predicted molar refractivity (Wildman–Crippen MR) is 79.1 cm³/mol. The summed E-state index contributed by atoms with van der Waals surface area (Å²) >= 11 is 0. The molecule has 0 aromatic heterocycles. The van der Waals surface area contributed by atoms with Crippen LogP contribution in [-0.4, -0.2) is 11.1 Å². The van der Waals surface area contributed by atoms with Crippen LogP contribution in [0.3, 0.4) is 0 Å². The van der Waals surface area contributed by atoms with E-state index < -0.39 is 11.8 Å². The molecular weight excluding hydrogens is 271 g/mol. The Balaban J connectivity index is 2.41. The number of carbonyl (C=O) groups is 1. The van der Waals surface area contributed by atoms with Gasteiger partial charge in [0.25, 0.3) is 0 Å². The molecule has 2 rings (SSSR count).